The van der Waals surface area contributed by atoms with Gasteiger partial charge in [0, 0.05) is 19.5 Å². The molecule has 0 aliphatic rings. The van der Waals surface area contributed by atoms with Gasteiger partial charge in [0.1, 0.15) is 0 Å². The number of hydrogen-bond acceptors (Lipinski definition) is 4. The van der Waals surface area contributed by atoms with Crippen LogP contribution in [0.4, 0.5) is 0 Å². The second-order valence-electron chi connectivity index (χ2n) is 5.80. The summed E-state index contributed by atoms with van der Waals surface area (Å²) < 4.78 is 3.33. The molecule has 2 heterocycles. The van der Waals surface area contributed by atoms with Crippen molar-refractivity contribution >= 4 is 34.2 Å². The minimum absolute atomic E-state index is 0.0881. The molecule has 0 atom stereocenters. The van der Waals surface area contributed by atoms with Crippen molar-refractivity contribution in [1.82, 2.24) is 20.0 Å². The summed E-state index contributed by atoms with van der Waals surface area (Å²) in [5.74, 6) is -0.709. The maximum Gasteiger partial charge on any atom is 0.329 e. The van der Waals surface area contributed by atoms with Gasteiger partial charge in [-0.1, -0.05) is 25.1 Å². The molecular formula is C18H20N4O3S. The summed E-state index contributed by atoms with van der Waals surface area (Å²) in [4.78, 5) is 37.0. The highest BCUT2D eigenvalue weighted by atomic mass is 32.1. The maximum atomic E-state index is 12.6. The molecule has 136 valence electrons. The maximum absolute atomic E-state index is 12.6. The topological polar surface area (TPSA) is 85.1 Å². The minimum atomic E-state index is -0.356. The lowest BCUT2D eigenvalue weighted by atomic mass is 10.3. The fourth-order valence-electron chi connectivity index (χ4n) is 2.80. The van der Waals surface area contributed by atoms with Crippen LogP contribution in [0.5, 0.6) is 0 Å². The number of carbonyl (C=O) groups is 2. The number of thiophene rings is 1. The molecule has 2 amide bonds. The van der Waals surface area contributed by atoms with Crippen LogP contribution in [-0.2, 0) is 17.9 Å². The normalized spacial score (nSPS) is 10.8. The molecule has 2 N–H and O–H groups in total. The first-order valence-electron chi connectivity index (χ1n) is 8.42. The number of benzene rings is 1. The van der Waals surface area contributed by atoms with E-state index < -0.39 is 0 Å². The Kier molecular flexibility index (Phi) is 5.52. The molecule has 0 aliphatic carbocycles. The third kappa shape index (κ3) is 3.70. The average molecular weight is 372 g/mol. The zero-order valence-electron chi connectivity index (χ0n) is 14.4. The molecule has 0 radical (unpaired) electrons. The Balaban J connectivity index is 1.66. The molecule has 8 heteroatoms. The molecule has 0 saturated carbocycles. The van der Waals surface area contributed by atoms with E-state index in [0.29, 0.717) is 11.4 Å². The Morgan fingerprint density at radius 1 is 1.00 bits per heavy atom. The van der Waals surface area contributed by atoms with Crippen LogP contribution in [0.1, 0.15) is 29.4 Å². The molecule has 0 spiro atoms. The lowest BCUT2D eigenvalue weighted by Crippen LogP contribution is -2.41. The quantitative estimate of drug-likeness (QED) is 0.650. The van der Waals surface area contributed by atoms with E-state index in [1.165, 1.54) is 11.3 Å². The number of fused-ring (bicyclic) bond motifs is 1. The van der Waals surface area contributed by atoms with Crippen molar-refractivity contribution in [3.8, 4) is 0 Å². The smallest absolute Gasteiger partial charge is 0.292 e. The van der Waals surface area contributed by atoms with Gasteiger partial charge < -0.3 is 0 Å². The predicted octanol–water partition coefficient (Wildman–Crippen LogP) is 2.13. The lowest BCUT2D eigenvalue weighted by Gasteiger charge is -2.07. The van der Waals surface area contributed by atoms with E-state index in [2.05, 4.69) is 10.9 Å². The molecule has 0 saturated heterocycles. The van der Waals surface area contributed by atoms with Crippen LogP contribution in [-0.4, -0.2) is 20.9 Å². The van der Waals surface area contributed by atoms with Gasteiger partial charge in [-0.2, -0.15) is 0 Å². The zero-order valence-corrected chi connectivity index (χ0v) is 15.2. The molecule has 1 aromatic carbocycles. The van der Waals surface area contributed by atoms with Gasteiger partial charge in [-0.3, -0.25) is 29.6 Å². The molecule has 3 rings (SSSR count). The zero-order chi connectivity index (χ0) is 18.5. The predicted molar refractivity (Wildman–Crippen MR) is 101 cm³/mol. The first kappa shape index (κ1) is 17.9. The van der Waals surface area contributed by atoms with E-state index in [0.717, 1.165) is 17.5 Å². The number of rotatable bonds is 6. The van der Waals surface area contributed by atoms with E-state index in [9.17, 15) is 14.4 Å². The number of hydrazine groups is 1. The highest BCUT2D eigenvalue weighted by molar-refractivity contribution is 7.12. The summed E-state index contributed by atoms with van der Waals surface area (Å²) in [6.07, 6.45) is 0.938. The first-order valence-corrected chi connectivity index (χ1v) is 9.30. The molecule has 0 aliphatic heterocycles. The highest BCUT2D eigenvalue weighted by Gasteiger charge is 2.14. The second kappa shape index (κ2) is 8.01. The van der Waals surface area contributed by atoms with Gasteiger partial charge in [0.25, 0.3) is 5.91 Å². The van der Waals surface area contributed by atoms with Crippen LogP contribution in [0.2, 0.25) is 0 Å². The highest BCUT2D eigenvalue weighted by Crippen LogP contribution is 2.13. The average Bonchev–Trinajstić information content (AvgIpc) is 3.27. The monoisotopic (exact) mass is 372 g/mol. The van der Waals surface area contributed by atoms with E-state index in [1.807, 2.05) is 31.2 Å². The van der Waals surface area contributed by atoms with Crippen molar-refractivity contribution < 1.29 is 9.59 Å². The Morgan fingerprint density at radius 2 is 1.69 bits per heavy atom. The van der Waals surface area contributed by atoms with Crippen LogP contribution in [0.15, 0.2) is 46.6 Å². The second-order valence-corrected chi connectivity index (χ2v) is 6.75. The van der Waals surface area contributed by atoms with Gasteiger partial charge in [-0.25, -0.2) is 4.79 Å². The minimum Gasteiger partial charge on any atom is -0.292 e. The molecule has 0 unspecified atom stereocenters. The molecular weight excluding hydrogens is 352 g/mol. The molecule has 0 bridgehead atoms. The number of para-hydroxylation sites is 2. The summed E-state index contributed by atoms with van der Waals surface area (Å²) in [6, 6.07) is 11.0. The van der Waals surface area contributed by atoms with Crippen LogP contribution in [0.3, 0.4) is 0 Å². The molecule has 3 aromatic rings. The van der Waals surface area contributed by atoms with E-state index in [-0.39, 0.29) is 30.5 Å². The van der Waals surface area contributed by atoms with Gasteiger partial charge in [0.2, 0.25) is 5.91 Å². The van der Waals surface area contributed by atoms with Gasteiger partial charge >= 0.3 is 5.69 Å². The summed E-state index contributed by atoms with van der Waals surface area (Å²) in [6.45, 7) is 2.90. The Labute approximate surface area is 154 Å². The summed E-state index contributed by atoms with van der Waals surface area (Å²) in [7, 11) is 0. The Bertz CT molecular complexity index is 972. The number of aromatic nitrogens is 2. The lowest BCUT2D eigenvalue weighted by molar-refractivity contribution is -0.122. The number of nitrogens with one attached hydrogen (secondary N) is 2. The van der Waals surface area contributed by atoms with Crippen LogP contribution >= 0.6 is 11.3 Å². The largest absolute Gasteiger partial charge is 0.329 e. The molecule has 26 heavy (non-hydrogen) atoms. The number of nitrogens with zero attached hydrogens (tertiary/aromatic N) is 2. The van der Waals surface area contributed by atoms with Crippen molar-refractivity contribution in [2.45, 2.75) is 32.9 Å². The number of carbonyl (C=O) groups excluding carboxylic acids is 2. The van der Waals surface area contributed by atoms with Gasteiger partial charge in [0.05, 0.1) is 15.9 Å². The van der Waals surface area contributed by atoms with Crippen molar-refractivity contribution in [2.75, 3.05) is 0 Å². The van der Waals surface area contributed by atoms with Crippen LogP contribution in [0, 0.1) is 0 Å². The standard InChI is InChI=1S/C18H20N4O3S/c1-2-10-21-13-6-3-4-7-14(13)22(18(21)25)11-9-16(23)19-20-17(24)15-8-5-12-26-15/h3-8,12H,2,9-11H2,1H3,(H,19,23)(H,20,24). The van der Waals surface area contributed by atoms with Gasteiger partial charge in [-0.05, 0) is 30.0 Å². The number of imidazole rings is 1. The Hall–Kier alpha value is -2.87. The summed E-state index contributed by atoms with van der Waals surface area (Å²) >= 11 is 1.29. The van der Waals surface area contributed by atoms with Crippen molar-refractivity contribution in [1.29, 1.82) is 0 Å². The van der Waals surface area contributed by atoms with Crippen LogP contribution < -0.4 is 16.5 Å². The number of aryl methyl sites for hydroxylation is 2. The third-order valence-electron chi connectivity index (χ3n) is 4.00. The SMILES string of the molecule is CCCn1c(=O)n(CCC(=O)NNC(=O)c2cccs2)c2ccccc21. The molecule has 0 fully saturated rings. The molecule has 2 aromatic heterocycles. The number of amides is 2. The van der Waals surface area contributed by atoms with E-state index in [4.69, 9.17) is 0 Å². The van der Waals surface area contributed by atoms with Crippen molar-refractivity contribution in [3.63, 3.8) is 0 Å². The fourth-order valence-corrected chi connectivity index (χ4v) is 3.42. The third-order valence-corrected chi connectivity index (χ3v) is 4.86. The summed E-state index contributed by atoms with van der Waals surface area (Å²) in [5.41, 5.74) is 6.32. The van der Waals surface area contributed by atoms with E-state index >= 15 is 0 Å². The molecule has 7 nitrogen and oxygen atoms in total. The summed E-state index contributed by atoms with van der Waals surface area (Å²) in [5, 5.41) is 1.79. The fraction of sp³-hybridized carbons (Fsp3) is 0.278. The Morgan fingerprint density at radius 3 is 2.31 bits per heavy atom. The van der Waals surface area contributed by atoms with Crippen molar-refractivity contribution in [3.05, 3.63) is 57.1 Å². The van der Waals surface area contributed by atoms with Crippen LogP contribution in [0.25, 0.3) is 11.0 Å². The first-order chi connectivity index (χ1) is 12.6. The van der Waals surface area contributed by atoms with Gasteiger partial charge in [-0.15, -0.1) is 11.3 Å². The van der Waals surface area contributed by atoms with Gasteiger partial charge in [0.15, 0.2) is 0 Å². The number of hydrogen-bond donors (Lipinski definition) is 2. The van der Waals surface area contributed by atoms with Crippen molar-refractivity contribution in [2.24, 2.45) is 0 Å². The van der Waals surface area contributed by atoms with E-state index in [1.54, 1.807) is 26.6 Å².